The van der Waals surface area contributed by atoms with Crippen molar-refractivity contribution in [1.82, 2.24) is 9.97 Å². The molecule has 5 heteroatoms. The molecule has 2 heterocycles. The number of hydrogen-bond donors (Lipinski definition) is 1. The smallest absolute Gasteiger partial charge is 0.133 e. The molecule has 4 rings (SSSR count). The van der Waals surface area contributed by atoms with Crippen LogP contribution in [0.4, 0.5) is 11.5 Å². The topological polar surface area (TPSA) is 50.3 Å². The summed E-state index contributed by atoms with van der Waals surface area (Å²) >= 11 is 0. The van der Waals surface area contributed by atoms with Crippen molar-refractivity contribution in [3.8, 4) is 0 Å². The number of benzene rings is 1. The number of hydrogen-bond acceptors (Lipinski definition) is 5. The molecule has 1 aromatic carbocycles. The first-order chi connectivity index (χ1) is 11.4. The van der Waals surface area contributed by atoms with Crippen molar-refractivity contribution < 1.29 is 4.74 Å². The van der Waals surface area contributed by atoms with Crippen molar-refractivity contribution in [2.75, 3.05) is 36.5 Å². The predicted molar refractivity (Wildman–Crippen MR) is 90.8 cm³/mol. The largest absolute Gasteiger partial charge is 0.378 e. The molecule has 0 unspecified atom stereocenters. The van der Waals surface area contributed by atoms with Crippen LogP contribution in [0.3, 0.4) is 0 Å². The maximum Gasteiger partial charge on any atom is 0.133 e. The molecule has 2 fully saturated rings. The molecule has 120 valence electrons. The Morgan fingerprint density at radius 3 is 2.61 bits per heavy atom. The molecule has 0 amide bonds. The molecule has 2 aromatic rings. The monoisotopic (exact) mass is 310 g/mol. The molecule has 1 aliphatic heterocycles. The van der Waals surface area contributed by atoms with Gasteiger partial charge in [0.05, 0.1) is 13.2 Å². The zero-order valence-corrected chi connectivity index (χ0v) is 13.2. The second-order valence-corrected chi connectivity index (χ2v) is 6.19. The highest BCUT2D eigenvalue weighted by atomic mass is 16.5. The molecule has 23 heavy (non-hydrogen) atoms. The minimum absolute atomic E-state index is 0.588. The fourth-order valence-electron chi connectivity index (χ4n) is 2.85. The van der Waals surface area contributed by atoms with Gasteiger partial charge in [0.15, 0.2) is 0 Å². The second kappa shape index (κ2) is 6.54. The molecule has 0 atom stereocenters. The Labute approximate surface area is 136 Å². The van der Waals surface area contributed by atoms with Crippen LogP contribution in [0.2, 0.25) is 0 Å². The van der Waals surface area contributed by atoms with Crippen LogP contribution in [0.5, 0.6) is 0 Å². The standard InChI is InChI=1S/C18H22N4O/c1-5-16(22-9-11-23-12-10-22)6-2-14(1)13-20-17-7-8-19-18(21-17)15-3-4-15/h1-2,5-8,15H,3-4,9-13H2,(H,19,20,21). The Kier molecular flexibility index (Phi) is 4.11. The van der Waals surface area contributed by atoms with Gasteiger partial charge in [0, 0.05) is 37.4 Å². The van der Waals surface area contributed by atoms with Gasteiger partial charge in [-0.3, -0.25) is 0 Å². The molecule has 1 saturated heterocycles. The van der Waals surface area contributed by atoms with E-state index in [0.717, 1.165) is 44.5 Å². The molecule has 1 N–H and O–H groups in total. The highest BCUT2D eigenvalue weighted by molar-refractivity contribution is 5.48. The third kappa shape index (κ3) is 3.62. The van der Waals surface area contributed by atoms with Crippen molar-refractivity contribution >= 4 is 11.5 Å². The van der Waals surface area contributed by atoms with E-state index < -0.39 is 0 Å². The van der Waals surface area contributed by atoms with Gasteiger partial charge in [-0.05, 0) is 36.6 Å². The maximum atomic E-state index is 5.40. The van der Waals surface area contributed by atoms with Crippen LogP contribution in [-0.4, -0.2) is 36.3 Å². The summed E-state index contributed by atoms with van der Waals surface area (Å²) in [5.74, 6) is 2.49. The van der Waals surface area contributed by atoms with Gasteiger partial charge in [-0.15, -0.1) is 0 Å². The molecule has 0 bridgehead atoms. The average Bonchev–Trinajstić information content (AvgIpc) is 3.47. The van der Waals surface area contributed by atoms with E-state index >= 15 is 0 Å². The Hall–Kier alpha value is -2.14. The fraction of sp³-hybridized carbons (Fsp3) is 0.444. The lowest BCUT2D eigenvalue weighted by Gasteiger charge is -2.28. The third-order valence-electron chi connectivity index (χ3n) is 4.40. The van der Waals surface area contributed by atoms with Gasteiger partial charge in [0.1, 0.15) is 11.6 Å². The van der Waals surface area contributed by atoms with E-state index in [0.29, 0.717) is 5.92 Å². The van der Waals surface area contributed by atoms with Gasteiger partial charge in [-0.1, -0.05) is 12.1 Å². The number of rotatable bonds is 5. The first kappa shape index (κ1) is 14.5. The number of morpholine rings is 1. The zero-order chi connectivity index (χ0) is 15.5. The molecule has 5 nitrogen and oxygen atoms in total. The minimum atomic E-state index is 0.588. The zero-order valence-electron chi connectivity index (χ0n) is 13.2. The normalized spacial score (nSPS) is 18.0. The van der Waals surface area contributed by atoms with Crippen molar-refractivity contribution in [2.45, 2.75) is 25.3 Å². The number of nitrogens with zero attached hydrogens (tertiary/aromatic N) is 3. The van der Waals surface area contributed by atoms with Crippen LogP contribution in [0.15, 0.2) is 36.5 Å². The average molecular weight is 310 g/mol. The minimum Gasteiger partial charge on any atom is -0.378 e. The summed E-state index contributed by atoms with van der Waals surface area (Å²) in [5.41, 5.74) is 2.53. The van der Waals surface area contributed by atoms with Crippen LogP contribution in [-0.2, 0) is 11.3 Å². The Bertz CT molecular complexity index is 648. The number of ether oxygens (including phenoxy) is 1. The van der Waals surface area contributed by atoms with Crippen LogP contribution in [0.1, 0.15) is 30.1 Å². The van der Waals surface area contributed by atoms with Gasteiger partial charge >= 0.3 is 0 Å². The van der Waals surface area contributed by atoms with Gasteiger partial charge in [-0.2, -0.15) is 0 Å². The van der Waals surface area contributed by atoms with E-state index in [1.54, 1.807) is 0 Å². The summed E-state index contributed by atoms with van der Waals surface area (Å²) in [6, 6.07) is 10.7. The van der Waals surface area contributed by atoms with E-state index in [-0.39, 0.29) is 0 Å². The Morgan fingerprint density at radius 2 is 1.87 bits per heavy atom. The lowest BCUT2D eigenvalue weighted by molar-refractivity contribution is 0.122. The van der Waals surface area contributed by atoms with Gasteiger partial charge in [0.25, 0.3) is 0 Å². The van der Waals surface area contributed by atoms with Crippen LogP contribution < -0.4 is 10.2 Å². The lowest BCUT2D eigenvalue weighted by Crippen LogP contribution is -2.36. The molecule has 1 aromatic heterocycles. The number of anilines is 2. The molecular weight excluding hydrogens is 288 g/mol. The van der Waals surface area contributed by atoms with Crippen LogP contribution in [0.25, 0.3) is 0 Å². The van der Waals surface area contributed by atoms with Gasteiger partial charge in [0.2, 0.25) is 0 Å². The SMILES string of the molecule is c1cc(NCc2ccc(N3CCOCC3)cc2)nc(C2CC2)n1. The highest BCUT2D eigenvalue weighted by Crippen LogP contribution is 2.38. The fourth-order valence-corrected chi connectivity index (χ4v) is 2.85. The number of nitrogens with one attached hydrogen (secondary N) is 1. The lowest BCUT2D eigenvalue weighted by atomic mass is 10.2. The van der Waals surface area contributed by atoms with E-state index in [9.17, 15) is 0 Å². The summed E-state index contributed by atoms with van der Waals surface area (Å²) in [5, 5.41) is 3.40. The van der Waals surface area contributed by atoms with E-state index in [2.05, 4.69) is 44.5 Å². The Morgan fingerprint density at radius 1 is 1.09 bits per heavy atom. The maximum absolute atomic E-state index is 5.40. The number of aromatic nitrogens is 2. The summed E-state index contributed by atoms with van der Waals surface area (Å²) in [4.78, 5) is 11.3. The first-order valence-electron chi connectivity index (χ1n) is 8.37. The Balaban J connectivity index is 1.36. The van der Waals surface area contributed by atoms with Crippen molar-refractivity contribution in [1.29, 1.82) is 0 Å². The molecule has 1 saturated carbocycles. The van der Waals surface area contributed by atoms with Crippen molar-refractivity contribution in [3.63, 3.8) is 0 Å². The third-order valence-corrected chi connectivity index (χ3v) is 4.40. The van der Waals surface area contributed by atoms with E-state index in [1.807, 2.05) is 12.3 Å². The van der Waals surface area contributed by atoms with Crippen molar-refractivity contribution in [3.05, 3.63) is 47.9 Å². The van der Waals surface area contributed by atoms with Crippen LogP contribution >= 0.6 is 0 Å². The molecule has 0 radical (unpaired) electrons. The summed E-state index contributed by atoms with van der Waals surface area (Å²) in [6.07, 6.45) is 4.31. The summed E-state index contributed by atoms with van der Waals surface area (Å²) in [7, 11) is 0. The predicted octanol–water partition coefficient (Wildman–Crippen LogP) is 2.80. The van der Waals surface area contributed by atoms with Gasteiger partial charge in [-0.25, -0.2) is 9.97 Å². The van der Waals surface area contributed by atoms with Gasteiger partial charge < -0.3 is 15.0 Å². The van der Waals surface area contributed by atoms with E-state index in [4.69, 9.17) is 4.74 Å². The van der Waals surface area contributed by atoms with E-state index in [1.165, 1.54) is 24.1 Å². The highest BCUT2D eigenvalue weighted by Gasteiger charge is 2.26. The molecule has 2 aliphatic rings. The molecule has 1 aliphatic carbocycles. The van der Waals surface area contributed by atoms with Crippen LogP contribution in [0, 0.1) is 0 Å². The molecular formula is C18H22N4O. The first-order valence-corrected chi connectivity index (χ1v) is 8.37. The van der Waals surface area contributed by atoms with Crippen molar-refractivity contribution in [2.24, 2.45) is 0 Å². The quantitative estimate of drug-likeness (QED) is 0.920. The molecule has 0 spiro atoms. The summed E-state index contributed by atoms with van der Waals surface area (Å²) < 4.78 is 5.40. The second-order valence-electron chi connectivity index (χ2n) is 6.19. The summed E-state index contributed by atoms with van der Waals surface area (Å²) in [6.45, 7) is 4.37.